The molecule has 0 aliphatic rings. The second-order valence-corrected chi connectivity index (χ2v) is 4.80. The second-order valence-electron chi connectivity index (χ2n) is 3.48. The summed E-state index contributed by atoms with van der Waals surface area (Å²) >= 11 is 7.39. The van der Waals surface area contributed by atoms with Crippen LogP contribution in [0.15, 0.2) is 29.6 Å². The largest absolute Gasteiger partial charge is 0.316 e. The van der Waals surface area contributed by atoms with E-state index in [9.17, 15) is 4.39 Å². The first-order valence-electron chi connectivity index (χ1n) is 4.88. The van der Waals surface area contributed by atoms with Crippen molar-refractivity contribution in [3.63, 3.8) is 0 Å². The summed E-state index contributed by atoms with van der Waals surface area (Å²) in [5.41, 5.74) is 2.18. The SMILES string of the molecule is CNCc1csc(-c2ccc(F)c(Cl)c2)c1. The number of hydrogen-bond donors (Lipinski definition) is 1. The van der Waals surface area contributed by atoms with Crippen LogP contribution in [0.3, 0.4) is 0 Å². The van der Waals surface area contributed by atoms with Gasteiger partial charge in [-0.2, -0.15) is 0 Å². The van der Waals surface area contributed by atoms with E-state index in [4.69, 9.17) is 11.6 Å². The Hall–Kier alpha value is -0.900. The van der Waals surface area contributed by atoms with Crippen LogP contribution < -0.4 is 5.32 Å². The van der Waals surface area contributed by atoms with Gasteiger partial charge in [-0.3, -0.25) is 0 Å². The lowest BCUT2D eigenvalue weighted by Crippen LogP contribution is -2.03. The Balaban J connectivity index is 2.31. The first-order valence-corrected chi connectivity index (χ1v) is 6.14. The molecule has 0 amide bonds. The number of halogens is 2. The highest BCUT2D eigenvalue weighted by Gasteiger charge is 2.05. The number of benzene rings is 1. The monoisotopic (exact) mass is 255 g/mol. The molecule has 1 aromatic carbocycles. The Morgan fingerprint density at radius 3 is 2.88 bits per heavy atom. The zero-order valence-electron chi connectivity index (χ0n) is 8.76. The van der Waals surface area contributed by atoms with E-state index >= 15 is 0 Å². The minimum atomic E-state index is -0.377. The summed E-state index contributed by atoms with van der Waals surface area (Å²) in [5, 5.41) is 5.34. The molecule has 0 atom stereocenters. The quantitative estimate of drug-likeness (QED) is 0.876. The summed E-state index contributed by atoms with van der Waals surface area (Å²) in [6.45, 7) is 0.839. The van der Waals surface area contributed by atoms with Crippen LogP contribution in [0.1, 0.15) is 5.56 Å². The molecule has 4 heteroatoms. The van der Waals surface area contributed by atoms with Gasteiger partial charge in [-0.15, -0.1) is 11.3 Å². The van der Waals surface area contributed by atoms with E-state index < -0.39 is 0 Å². The van der Waals surface area contributed by atoms with Crippen molar-refractivity contribution in [3.8, 4) is 10.4 Å². The van der Waals surface area contributed by atoms with Crippen LogP contribution >= 0.6 is 22.9 Å². The summed E-state index contributed by atoms with van der Waals surface area (Å²) < 4.78 is 13.0. The molecule has 0 bridgehead atoms. The zero-order valence-corrected chi connectivity index (χ0v) is 10.3. The van der Waals surface area contributed by atoms with Crippen molar-refractivity contribution in [1.82, 2.24) is 5.32 Å². The molecule has 0 saturated heterocycles. The van der Waals surface area contributed by atoms with Crippen molar-refractivity contribution >= 4 is 22.9 Å². The molecule has 16 heavy (non-hydrogen) atoms. The van der Waals surface area contributed by atoms with Crippen LogP contribution in [0.4, 0.5) is 4.39 Å². The molecule has 0 unspecified atom stereocenters. The van der Waals surface area contributed by atoms with E-state index in [1.165, 1.54) is 11.6 Å². The van der Waals surface area contributed by atoms with Crippen molar-refractivity contribution < 1.29 is 4.39 Å². The smallest absolute Gasteiger partial charge is 0.141 e. The van der Waals surface area contributed by atoms with Gasteiger partial charge in [0.15, 0.2) is 0 Å². The van der Waals surface area contributed by atoms with Gasteiger partial charge in [-0.1, -0.05) is 17.7 Å². The van der Waals surface area contributed by atoms with Crippen LogP contribution in [0.2, 0.25) is 5.02 Å². The van der Waals surface area contributed by atoms with Gasteiger partial charge in [0.05, 0.1) is 5.02 Å². The molecule has 0 aliphatic carbocycles. The molecule has 0 radical (unpaired) electrons. The molecule has 1 heterocycles. The van der Waals surface area contributed by atoms with E-state index in [0.29, 0.717) is 0 Å². The van der Waals surface area contributed by atoms with Gasteiger partial charge in [0.25, 0.3) is 0 Å². The van der Waals surface area contributed by atoms with E-state index in [2.05, 4.69) is 16.8 Å². The topological polar surface area (TPSA) is 12.0 Å². The molecule has 2 rings (SSSR count). The Bertz CT molecular complexity index is 496. The van der Waals surface area contributed by atoms with Gasteiger partial charge >= 0.3 is 0 Å². The van der Waals surface area contributed by atoms with Gasteiger partial charge < -0.3 is 5.32 Å². The van der Waals surface area contributed by atoms with E-state index in [1.54, 1.807) is 23.5 Å². The van der Waals surface area contributed by atoms with E-state index in [1.807, 2.05) is 7.05 Å². The van der Waals surface area contributed by atoms with Crippen molar-refractivity contribution in [2.24, 2.45) is 0 Å². The fourth-order valence-electron chi connectivity index (χ4n) is 1.47. The maximum absolute atomic E-state index is 13.0. The predicted molar refractivity (Wildman–Crippen MR) is 67.5 cm³/mol. The number of rotatable bonds is 3. The van der Waals surface area contributed by atoms with Crippen molar-refractivity contribution in [3.05, 3.63) is 46.0 Å². The van der Waals surface area contributed by atoms with Crippen LogP contribution in [-0.2, 0) is 6.54 Å². The van der Waals surface area contributed by atoms with Crippen LogP contribution in [0.25, 0.3) is 10.4 Å². The summed E-state index contributed by atoms with van der Waals surface area (Å²) in [7, 11) is 1.91. The fraction of sp³-hybridized carbons (Fsp3) is 0.167. The van der Waals surface area contributed by atoms with Gasteiger partial charge in [0, 0.05) is 11.4 Å². The maximum Gasteiger partial charge on any atom is 0.141 e. The summed E-state index contributed by atoms with van der Waals surface area (Å²) in [5.74, 6) is -0.377. The normalized spacial score (nSPS) is 10.7. The first-order chi connectivity index (χ1) is 7.70. The molecule has 1 aromatic heterocycles. The van der Waals surface area contributed by atoms with Crippen LogP contribution in [0, 0.1) is 5.82 Å². The minimum absolute atomic E-state index is 0.168. The molecular weight excluding hydrogens is 245 g/mol. The predicted octanol–water partition coefficient (Wildman–Crippen LogP) is 3.93. The van der Waals surface area contributed by atoms with Crippen LogP contribution in [0.5, 0.6) is 0 Å². The molecule has 0 saturated carbocycles. The van der Waals surface area contributed by atoms with E-state index in [-0.39, 0.29) is 10.8 Å². The Morgan fingerprint density at radius 2 is 2.19 bits per heavy atom. The third-order valence-electron chi connectivity index (χ3n) is 2.24. The molecule has 0 spiro atoms. The van der Waals surface area contributed by atoms with Gasteiger partial charge in [-0.05, 0) is 41.8 Å². The molecule has 0 fully saturated rings. The highest BCUT2D eigenvalue weighted by Crippen LogP contribution is 2.30. The van der Waals surface area contributed by atoms with Crippen molar-refractivity contribution in [2.45, 2.75) is 6.54 Å². The molecule has 0 aliphatic heterocycles. The third-order valence-corrected chi connectivity index (χ3v) is 3.56. The lowest BCUT2D eigenvalue weighted by atomic mass is 10.1. The third kappa shape index (κ3) is 2.43. The first kappa shape index (κ1) is 11.6. The lowest BCUT2D eigenvalue weighted by molar-refractivity contribution is 0.628. The van der Waals surface area contributed by atoms with Gasteiger partial charge in [0.2, 0.25) is 0 Å². The Morgan fingerprint density at radius 1 is 1.38 bits per heavy atom. The number of hydrogen-bond acceptors (Lipinski definition) is 2. The van der Waals surface area contributed by atoms with Crippen molar-refractivity contribution in [2.75, 3.05) is 7.05 Å². The highest BCUT2D eigenvalue weighted by molar-refractivity contribution is 7.13. The van der Waals surface area contributed by atoms with Gasteiger partial charge in [-0.25, -0.2) is 4.39 Å². The Labute approximate surface area is 103 Å². The molecule has 2 aromatic rings. The molecular formula is C12H11ClFNS. The van der Waals surface area contributed by atoms with Crippen molar-refractivity contribution in [1.29, 1.82) is 0 Å². The van der Waals surface area contributed by atoms with Gasteiger partial charge in [0.1, 0.15) is 5.82 Å². The van der Waals surface area contributed by atoms with E-state index in [0.717, 1.165) is 17.0 Å². The van der Waals surface area contributed by atoms with Crippen LogP contribution in [-0.4, -0.2) is 7.05 Å². The average molecular weight is 256 g/mol. The molecule has 1 nitrogen and oxygen atoms in total. The second kappa shape index (κ2) is 4.95. The standard InChI is InChI=1S/C12H11ClFNS/c1-15-6-8-4-12(16-7-8)9-2-3-11(14)10(13)5-9/h2-5,7,15H,6H2,1H3. The molecule has 1 N–H and O–H groups in total. The number of thiophene rings is 1. The lowest BCUT2D eigenvalue weighted by Gasteiger charge is -1.99. The number of nitrogens with one attached hydrogen (secondary N) is 1. The summed E-state index contributed by atoms with van der Waals surface area (Å²) in [6.07, 6.45) is 0. The summed E-state index contributed by atoms with van der Waals surface area (Å²) in [6, 6.07) is 6.89. The maximum atomic E-state index is 13.0. The zero-order chi connectivity index (χ0) is 11.5. The fourth-order valence-corrected chi connectivity index (χ4v) is 2.57. The minimum Gasteiger partial charge on any atom is -0.316 e. The molecule has 84 valence electrons. The highest BCUT2D eigenvalue weighted by atomic mass is 35.5. The summed E-state index contributed by atoms with van der Waals surface area (Å²) in [4.78, 5) is 1.10. The Kier molecular flexibility index (Phi) is 3.59. The average Bonchev–Trinajstić information content (AvgIpc) is 2.71.